The lowest BCUT2D eigenvalue weighted by Crippen LogP contribution is -2.51. The molecule has 1 aliphatic heterocycles. The second kappa shape index (κ2) is 6.55. The van der Waals surface area contributed by atoms with Crippen LogP contribution in [-0.4, -0.2) is 60.2 Å². The molecule has 0 aromatic heterocycles. The summed E-state index contributed by atoms with van der Waals surface area (Å²) in [5.74, 6) is -2.86. The van der Waals surface area contributed by atoms with E-state index in [0.29, 0.717) is 0 Å². The molecule has 0 bridgehead atoms. The van der Waals surface area contributed by atoms with Crippen LogP contribution >= 0.6 is 0 Å². The fourth-order valence-electron chi connectivity index (χ4n) is 1.79. The number of carboxylic acid groups (broad SMARTS) is 2. The topological polar surface area (TPSA) is 150 Å². The molecule has 2 amide bonds. The van der Waals surface area contributed by atoms with Crippen LogP contribution in [0, 0.1) is 0 Å². The van der Waals surface area contributed by atoms with E-state index in [1.165, 1.54) is 0 Å². The van der Waals surface area contributed by atoms with Crippen LogP contribution < -0.4 is 10.6 Å². The summed E-state index contributed by atoms with van der Waals surface area (Å²) in [5, 5.41) is 21.8. The summed E-state index contributed by atoms with van der Waals surface area (Å²) in [7, 11) is -3.05. The maximum absolute atomic E-state index is 11.5. The van der Waals surface area contributed by atoms with Gasteiger partial charge in [-0.25, -0.2) is 18.0 Å². The van der Waals surface area contributed by atoms with Gasteiger partial charge in [0.2, 0.25) is 0 Å². The van der Waals surface area contributed by atoms with Crippen molar-refractivity contribution in [3.05, 3.63) is 0 Å². The SMILES string of the molecule is O=C(O)C[C@H](NC(=O)NC1CCS(=O)(=O)CC1)C(=O)O. The van der Waals surface area contributed by atoms with E-state index in [-0.39, 0.29) is 30.4 Å². The first-order valence-electron chi connectivity index (χ1n) is 5.91. The zero-order valence-corrected chi connectivity index (χ0v) is 11.4. The summed E-state index contributed by atoms with van der Waals surface area (Å²) in [6.45, 7) is 0. The molecule has 0 aromatic rings. The average Bonchev–Trinajstić information content (AvgIpc) is 2.30. The van der Waals surface area contributed by atoms with Crippen molar-refractivity contribution in [2.75, 3.05) is 11.5 Å². The van der Waals surface area contributed by atoms with Gasteiger partial charge in [-0.3, -0.25) is 4.79 Å². The molecule has 0 aliphatic carbocycles. The van der Waals surface area contributed by atoms with Gasteiger partial charge >= 0.3 is 18.0 Å². The van der Waals surface area contributed by atoms with Crippen LogP contribution in [0.15, 0.2) is 0 Å². The number of carbonyl (C=O) groups excluding carboxylic acids is 1. The summed E-state index contributed by atoms with van der Waals surface area (Å²) in [5.41, 5.74) is 0. The number of nitrogens with one attached hydrogen (secondary N) is 2. The molecule has 0 unspecified atom stereocenters. The molecule has 1 fully saturated rings. The van der Waals surface area contributed by atoms with Gasteiger partial charge in [-0.1, -0.05) is 0 Å². The van der Waals surface area contributed by atoms with E-state index in [9.17, 15) is 22.8 Å². The second-order valence-electron chi connectivity index (χ2n) is 4.53. The van der Waals surface area contributed by atoms with Crippen molar-refractivity contribution in [3.63, 3.8) is 0 Å². The van der Waals surface area contributed by atoms with E-state index in [1.54, 1.807) is 0 Å². The zero-order chi connectivity index (χ0) is 15.3. The molecular formula is C10H16N2O7S. The van der Waals surface area contributed by atoms with E-state index in [2.05, 4.69) is 5.32 Å². The molecular weight excluding hydrogens is 292 g/mol. The lowest BCUT2D eigenvalue weighted by Gasteiger charge is -2.24. The van der Waals surface area contributed by atoms with Gasteiger partial charge in [0, 0.05) is 6.04 Å². The highest BCUT2D eigenvalue weighted by Crippen LogP contribution is 2.11. The van der Waals surface area contributed by atoms with E-state index in [4.69, 9.17) is 10.2 Å². The quantitative estimate of drug-likeness (QED) is 0.497. The smallest absolute Gasteiger partial charge is 0.326 e. The predicted octanol–water partition coefficient (Wildman–Crippen LogP) is -1.21. The number of aliphatic carboxylic acids is 2. The van der Waals surface area contributed by atoms with E-state index in [1.807, 2.05) is 5.32 Å². The predicted molar refractivity (Wildman–Crippen MR) is 67.0 cm³/mol. The van der Waals surface area contributed by atoms with Crippen LogP contribution in [0.4, 0.5) is 4.79 Å². The van der Waals surface area contributed by atoms with Crippen molar-refractivity contribution in [3.8, 4) is 0 Å². The van der Waals surface area contributed by atoms with Gasteiger partial charge in [-0.15, -0.1) is 0 Å². The average molecular weight is 308 g/mol. The first-order valence-corrected chi connectivity index (χ1v) is 7.74. The molecule has 1 atom stereocenters. The molecule has 114 valence electrons. The van der Waals surface area contributed by atoms with E-state index < -0.39 is 40.3 Å². The number of sulfone groups is 1. The third kappa shape index (κ3) is 5.43. The maximum Gasteiger partial charge on any atom is 0.326 e. The zero-order valence-electron chi connectivity index (χ0n) is 10.5. The Labute approximate surface area is 115 Å². The molecule has 0 radical (unpaired) electrons. The van der Waals surface area contributed by atoms with Crippen LogP contribution in [0.3, 0.4) is 0 Å². The Hall–Kier alpha value is -1.84. The number of hydrogen-bond donors (Lipinski definition) is 4. The monoisotopic (exact) mass is 308 g/mol. The van der Waals surface area contributed by atoms with Gasteiger partial charge in [-0.2, -0.15) is 0 Å². The highest BCUT2D eigenvalue weighted by Gasteiger charge is 2.27. The normalized spacial score (nSPS) is 19.8. The number of carboxylic acids is 2. The Morgan fingerprint density at radius 3 is 2.15 bits per heavy atom. The van der Waals surface area contributed by atoms with Crippen molar-refractivity contribution in [1.29, 1.82) is 0 Å². The van der Waals surface area contributed by atoms with Gasteiger partial charge in [0.05, 0.1) is 17.9 Å². The fraction of sp³-hybridized carbons (Fsp3) is 0.700. The lowest BCUT2D eigenvalue weighted by atomic mass is 10.1. The summed E-state index contributed by atoms with van der Waals surface area (Å²) >= 11 is 0. The maximum atomic E-state index is 11.5. The molecule has 4 N–H and O–H groups in total. The van der Waals surface area contributed by atoms with Crippen molar-refractivity contribution in [2.24, 2.45) is 0 Å². The van der Waals surface area contributed by atoms with E-state index >= 15 is 0 Å². The van der Waals surface area contributed by atoms with Gasteiger partial charge in [-0.05, 0) is 12.8 Å². The summed E-state index contributed by atoms with van der Waals surface area (Å²) in [6.07, 6.45) is -0.222. The number of amides is 2. The Kier molecular flexibility index (Phi) is 5.31. The Morgan fingerprint density at radius 1 is 1.15 bits per heavy atom. The third-order valence-corrected chi connectivity index (χ3v) is 4.59. The van der Waals surface area contributed by atoms with Crippen LogP contribution in [0.2, 0.25) is 0 Å². The molecule has 0 aromatic carbocycles. The first-order chi connectivity index (χ1) is 9.19. The Balaban J connectivity index is 2.46. The van der Waals surface area contributed by atoms with Gasteiger partial charge in [0.15, 0.2) is 0 Å². The molecule has 1 rings (SSSR count). The molecule has 20 heavy (non-hydrogen) atoms. The standard InChI is InChI=1S/C10H16N2O7S/c13-8(14)5-7(9(15)16)12-10(17)11-6-1-3-20(18,19)4-2-6/h6-7H,1-5H2,(H,13,14)(H,15,16)(H2,11,12,17)/t7-/m0/s1. The highest BCUT2D eigenvalue weighted by atomic mass is 32.2. The molecule has 9 nitrogen and oxygen atoms in total. The number of urea groups is 1. The van der Waals surface area contributed by atoms with Crippen molar-refractivity contribution in [1.82, 2.24) is 10.6 Å². The van der Waals surface area contributed by atoms with Crippen LogP contribution in [0.25, 0.3) is 0 Å². The van der Waals surface area contributed by atoms with Crippen LogP contribution in [0.5, 0.6) is 0 Å². The summed E-state index contributed by atoms with van der Waals surface area (Å²) < 4.78 is 22.4. The van der Waals surface area contributed by atoms with Crippen LogP contribution in [-0.2, 0) is 19.4 Å². The molecule has 1 aliphatic rings. The minimum atomic E-state index is -3.05. The van der Waals surface area contributed by atoms with E-state index in [0.717, 1.165) is 0 Å². The minimum absolute atomic E-state index is 0.0323. The van der Waals surface area contributed by atoms with Crippen molar-refractivity contribution < 1.29 is 33.0 Å². The Bertz CT molecular complexity index is 488. The number of rotatable bonds is 5. The second-order valence-corrected chi connectivity index (χ2v) is 6.84. The summed E-state index contributed by atoms with van der Waals surface area (Å²) in [6, 6.07) is -2.71. The van der Waals surface area contributed by atoms with Crippen molar-refractivity contribution in [2.45, 2.75) is 31.3 Å². The lowest BCUT2D eigenvalue weighted by molar-refractivity contribution is -0.145. The summed E-state index contributed by atoms with van der Waals surface area (Å²) in [4.78, 5) is 32.8. The van der Waals surface area contributed by atoms with Crippen molar-refractivity contribution >= 4 is 27.8 Å². The van der Waals surface area contributed by atoms with Gasteiger partial charge < -0.3 is 20.8 Å². The van der Waals surface area contributed by atoms with Crippen LogP contribution in [0.1, 0.15) is 19.3 Å². The van der Waals surface area contributed by atoms with Gasteiger partial charge in [0.1, 0.15) is 15.9 Å². The third-order valence-electron chi connectivity index (χ3n) is 2.87. The Morgan fingerprint density at radius 2 is 1.70 bits per heavy atom. The largest absolute Gasteiger partial charge is 0.481 e. The minimum Gasteiger partial charge on any atom is -0.481 e. The molecule has 1 saturated heterocycles. The highest BCUT2D eigenvalue weighted by molar-refractivity contribution is 7.91. The molecule has 0 spiro atoms. The number of hydrogen-bond acceptors (Lipinski definition) is 5. The molecule has 0 saturated carbocycles. The molecule has 10 heteroatoms. The first kappa shape index (κ1) is 16.2. The molecule has 1 heterocycles. The van der Waals surface area contributed by atoms with Gasteiger partial charge in [0.25, 0.3) is 0 Å². The number of carbonyl (C=O) groups is 3. The fourth-order valence-corrected chi connectivity index (χ4v) is 3.29.